The van der Waals surface area contributed by atoms with E-state index < -0.39 is 5.97 Å². The van der Waals surface area contributed by atoms with Gasteiger partial charge in [0.2, 0.25) is 5.91 Å². The van der Waals surface area contributed by atoms with Crippen molar-refractivity contribution in [1.29, 1.82) is 0 Å². The lowest BCUT2D eigenvalue weighted by molar-refractivity contribution is -0.125. The number of hydrogen-bond acceptors (Lipinski definition) is 4. The molecule has 26 heavy (non-hydrogen) atoms. The fourth-order valence-corrected chi connectivity index (χ4v) is 2.47. The zero-order valence-electron chi connectivity index (χ0n) is 15.2. The molecule has 1 amide bonds. The van der Waals surface area contributed by atoms with E-state index >= 15 is 0 Å². The molecule has 0 aliphatic rings. The van der Waals surface area contributed by atoms with Gasteiger partial charge in [0.25, 0.3) is 0 Å². The van der Waals surface area contributed by atoms with Crippen molar-refractivity contribution in [3.63, 3.8) is 0 Å². The standard InChI is InChI=1S/C20H23FN2O3/c1-14(23(2)13-16-5-4-6-18(21)11-16)19(24)22-12-15-7-9-17(10-8-15)20(25)26-3/h4-11,14H,12-13H2,1-3H3,(H,22,24). The number of amides is 1. The van der Waals surface area contributed by atoms with Gasteiger partial charge in [0.1, 0.15) is 5.82 Å². The topological polar surface area (TPSA) is 58.6 Å². The number of methoxy groups -OCH3 is 1. The molecule has 5 nitrogen and oxygen atoms in total. The Morgan fingerprint density at radius 2 is 1.85 bits per heavy atom. The molecule has 1 atom stereocenters. The number of likely N-dealkylation sites (N-methyl/N-ethyl adjacent to an activating group) is 1. The summed E-state index contributed by atoms with van der Waals surface area (Å²) in [7, 11) is 3.15. The highest BCUT2D eigenvalue weighted by atomic mass is 19.1. The van der Waals surface area contributed by atoms with Crippen LogP contribution in [0.3, 0.4) is 0 Å². The van der Waals surface area contributed by atoms with E-state index in [0.717, 1.165) is 11.1 Å². The van der Waals surface area contributed by atoms with E-state index in [1.165, 1.54) is 19.2 Å². The van der Waals surface area contributed by atoms with Gasteiger partial charge in [-0.3, -0.25) is 9.69 Å². The Balaban J connectivity index is 1.87. The maximum atomic E-state index is 13.3. The highest BCUT2D eigenvalue weighted by Gasteiger charge is 2.18. The Bertz CT molecular complexity index is 762. The second-order valence-electron chi connectivity index (χ2n) is 6.13. The van der Waals surface area contributed by atoms with Crippen LogP contribution in [0.2, 0.25) is 0 Å². The molecular formula is C20H23FN2O3. The monoisotopic (exact) mass is 358 g/mol. The number of ether oxygens (including phenoxy) is 1. The van der Waals surface area contributed by atoms with Crippen molar-refractivity contribution in [2.75, 3.05) is 14.2 Å². The lowest BCUT2D eigenvalue weighted by atomic mass is 10.1. The molecule has 1 N–H and O–H groups in total. The first-order chi connectivity index (χ1) is 12.4. The van der Waals surface area contributed by atoms with Crippen LogP contribution in [-0.2, 0) is 22.6 Å². The first kappa shape index (κ1) is 19.6. The predicted octanol–water partition coefficient (Wildman–Crippen LogP) is 2.75. The van der Waals surface area contributed by atoms with Crippen LogP contribution in [0.15, 0.2) is 48.5 Å². The number of esters is 1. The number of halogens is 1. The number of benzene rings is 2. The summed E-state index contributed by atoms with van der Waals surface area (Å²) >= 11 is 0. The van der Waals surface area contributed by atoms with Gasteiger partial charge in [-0.2, -0.15) is 0 Å². The van der Waals surface area contributed by atoms with Crippen LogP contribution < -0.4 is 5.32 Å². The van der Waals surface area contributed by atoms with E-state index in [-0.39, 0.29) is 17.8 Å². The highest BCUT2D eigenvalue weighted by Crippen LogP contribution is 2.09. The quantitative estimate of drug-likeness (QED) is 0.773. The molecule has 6 heteroatoms. The van der Waals surface area contributed by atoms with Gasteiger partial charge in [0.05, 0.1) is 18.7 Å². The largest absolute Gasteiger partial charge is 0.465 e. The average molecular weight is 358 g/mol. The third-order valence-electron chi connectivity index (χ3n) is 4.20. The smallest absolute Gasteiger partial charge is 0.337 e. The van der Waals surface area contributed by atoms with Crippen molar-refractivity contribution in [3.8, 4) is 0 Å². The van der Waals surface area contributed by atoms with Crippen LogP contribution in [-0.4, -0.2) is 37.0 Å². The SMILES string of the molecule is COC(=O)c1ccc(CNC(=O)C(C)N(C)Cc2cccc(F)c2)cc1. The summed E-state index contributed by atoms with van der Waals surface area (Å²) < 4.78 is 17.9. The van der Waals surface area contributed by atoms with E-state index in [9.17, 15) is 14.0 Å². The van der Waals surface area contributed by atoms with E-state index in [0.29, 0.717) is 18.7 Å². The molecule has 0 spiro atoms. The van der Waals surface area contributed by atoms with Gasteiger partial charge in [-0.25, -0.2) is 9.18 Å². The molecular weight excluding hydrogens is 335 g/mol. The first-order valence-corrected chi connectivity index (χ1v) is 8.30. The number of rotatable bonds is 7. The van der Waals surface area contributed by atoms with Gasteiger partial charge < -0.3 is 10.1 Å². The summed E-state index contributed by atoms with van der Waals surface area (Å²) in [4.78, 5) is 25.6. The van der Waals surface area contributed by atoms with Crippen molar-refractivity contribution in [2.45, 2.75) is 26.1 Å². The third kappa shape index (κ3) is 5.39. The summed E-state index contributed by atoms with van der Waals surface area (Å²) in [6.07, 6.45) is 0. The number of nitrogens with zero attached hydrogens (tertiary/aromatic N) is 1. The minimum atomic E-state index is -0.395. The normalized spacial score (nSPS) is 11.9. The summed E-state index contributed by atoms with van der Waals surface area (Å²) in [5.74, 6) is -0.808. The summed E-state index contributed by atoms with van der Waals surface area (Å²) in [5, 5.41) is 2.87. The van der Waals surface area contributed by atoms with Crippen LogP contribution in [0.1, 0.15) is 28.4 Å². The van der Waals surface area contributed by atoms with Gasteiger partial charge in [-0.15, -0.1) is 0 Å². The molecule has 0 heterocycles. The van der Waals surface area contributed by atoms with Gasteiger partial charge in [-0.1, -0.05) is 24.3 Å². The fraction of sp³-hybridized carbons (Fsp3) is 0.300. The molecule has 0 saturated heterocycles. The summed E-state index contributed by atoms with van der Waals surface area (Å²) in [6.45, 7) is 2.63. The van der Waals surface area contributed by atoms with Gasteiger partial charge in [0.15, 0.2) is 0 Å². The number of carbonyl (C=O) groups excluding carboxylic acids is 2. The fourth-order valence-electron chi connectivity index (χ4n) is 2.47. The van der Waals surface area contributed by atoms with E-state index in [1.807, 2.05) is 18.0 Å². The Labute approximate surface area is 152 Å². The number of nitrogens with one attached hydrogen (secondary N) is 1. The third-order valence-corrected chi connectivity index (χ3v) is 4.20. The second kappa shape index (κ2) is 9.10. The molecule has 0 radical (unpaired) electrons. The molecule has 0 fully saturated rings. The Kier molecular flexibility index (Phi) is 6.86. The van der Waals surface area contributed by atoms with Crippen molar-refractivity contribution >= 4 is 11.9 Å². The predicted molar refractivity (Wildman–Crippen MR) is 97.0 cm³/mol. The van der Waals surface area contributed by atoms with E-state index in [1.54, 1.807) is 37.3 Å². The number of hydrogen-bond donors (Lipinski definition) is 1. The molecule has 0 aromatic heterocycles. The van der Waals surface area contributed by atoms with Crippen LogP contribution in [0.5, 0.6) is 0 Å². The van der Waals surface area contributed by atoms with Crippen molar-refractivity contribution in [1.82, 2.24) is 10.2 Å². The van der Waals surface area contributed by atoms with Crippen LogP contribution in [0, 0.1) is 5.82 Å². The maximum Gasteiger partial charge on any atom is 0.337 e. The zero-order valence-corrected chi connectivity index (χ0v) is 15.2. The first-order valence-electron chi connectivity index (χ1n) is 8.30. The van der Waals surface area contributed by atoms with E-state index in [4.69, 9.17) is 0 Å². The molecule has 1 unspecified atom stereocenters. The summed E-state index contributed by atoms with van der Waals surface area (Å²) in [5.41, 5.74) is 2.15. The average Bonchev–Trinajstić information content (AvgIpc) is 2.65. The highest BCUT2D eigenvalue weighted by molar-refractivity contribution is 5.89. The lowest BCUT2D eigenvalue weighted by Gasteiger charge is -2.24. The second-order valence-corrected chi connectivity index (χ2v) is 6.13. The van der Waals surface area contributed by atoms with Gasteiger partial charge in [0, 0.05) is 13.1 Å². The molecule has 2 aromatic rings. The Hall–Kier alpha value is -2.73. The zero-order chi connectivity index (χ0) is 19.1. The van der Waals surface area contributed by atoms with Crippen LogP contribution in [0.4, 0.5) is 4.39 Å². The molecule has 138 valence electrons. The molecule has 0 aliphatic heterocycles. The van der Waals surface area contributed by atoms with Crippen molar-refractivity contribution < 1.29 is 18.7 Å². The Morgan fingerprint density at radius 3 is 2.46 bits per heavy atom. The van der Waals surface area contributed by atoms with Gasteiger partial charge in [-0.05, 0) is 49.4 Å². The molecule has 2 rings (SSSR count). The number of carbonyl (C=O) groups is 2. The molecule has 0 aliphatic carbocycles. The van der Waals surface area contributed by atoms with Crippen LogP contribution >= 0.6 is 0 Å². The Morgan fingerprint density at radius 1 is 1.15 bits per heavy atom. The van der Waals surface area contributed by atoms with Crippen molar-refractivity contribution in [2.24, 2.45) is 0 Å². The van der Waals surface area contributed by atoms with Crippen molar-refractivity contribution in [3.05, 3.63) is 71.0 Å². The van der Waals surface area contributed by atoms with Crippen LogP contribution in [0.25, 0.3) is 0 Å². The molecule has 2 aromatic carbocycles. The minimum Gasteiger partial charge on any atom is -0.465 e. The molecule has 0 saturated carbocycles. The maximum absolute atomic E-state index is 13.3. The van der Waals surface area contributed by atoms with E-state index in [2.05, 4.69) is 10.1 Å². The summed E-state index contributed by atoms with van der Waals surface area (Å²) in [6, 6.07) is 12.8. The lowest BCUT2D eigenvalue weighted by Crippen LogP contribution is -2.42. The van der Waals surface area contributed by atoms with Gasteiger partial charge >= 0.3 is 5.97 Å². The minimum absolute atomic E-state index is 0.124. The molecule has 0 bridgehead atoms.